The van der Waals surface area contributed by atoms with E-state index >= 15 is 0 Å². The number of rotatable bonds is 6. The van der Waals surface area contributed by atoms with Crippen molar-refractivity contribution in [3.63, 3.8) is 0 Å². The van der Waals surface area contributed by atoms with E-state index in [1.807, 2.05) is 0 Å². The fourth-order valence-electron chi connectivity index (χ4n) is 2.13. The minimum Gasteiger partial charge on any atom is -0.376 e. The molecule has 0 saturated heterocycles. The molecule has 0 spiro atoms. The van der Waals surface area contributed by atoms with Crippen LogP contribution in [0.25, 0.3) is 0 Å². The van der Waals surface area contributed by atoms with Crippen molar-refractivity contribution in [1.82, 2.24) is 9.97 Å². The van der Waals surface area contributed by atoms with Crippen LogP contribution in [-0.2, 0) is 4.74 Å². The van der Waals surface area contributed by atoms with Crippen molar-refractivity contribution in [2.75, 3.05) is 31.3 Å². The van der Waals surface area contributed by atoms with E-state index in [9.17, 15) is 10.1 Å². The van der Waals surface area contributed by atoms with Gasteiger partial charge < -0.3 is 15.4 Å². The van der Waals surface area contributed by atoms with Crippen LogP contribution in [0.4, 0.5) is 17.3 Å². The highest BCUT2D eigenvalue weighted by Gasteiger charge is 2.37. The third kappa shape index (κ3) is 2.58. The van der Waals surface area contributed by atoms with E-state index in [2.05, 4.69) is 20.6 Å². The minimum atomic E-state index is -0.492. The Bertz CT molecular complexity index is 470. The zero-order chi connectivity index (χ0) is 13.9. The summed E-state index contributed by atoms with van der Waals surface area (Å²) in [4.78, 5) is 18.4. The van der Waals surface area contributed by atoms with Gasteiger partial charge in [0.1, 0.15) is 6.33 Å². The van der Waals surface area contributed by atoms with Crippen LogP contribution in [0.15, 0.2) is 6.33 Å². The van der Waals surface area contributed by atoms with Crippen LogP contribution in [0, 0.1) is 10.1 Å². The summed E-state index contributed by atoms with van der Waals surface area (Å²) in [6, 6.07) is 0. The molecule has 1 saturated carbocycles. The molecule has 1 heterocycles. The number of nitrogens with one attached hydrogen (secondary N) is 2. The predicted octanol–water partition coefficient (Wildman–Crippen LogP) is 1.41. The molecule has 104 valence electrons. The zero-order valence-corrected chi connectivity index (χ0v) is 11.0. The van der Waals surface area contributed by atoms with Gasteiger partial charge in [0.15, 0.2) is 0 Å². The van der Waals surface area contributed by atoms with Gasteiger partial charge in [0.2, 0.25) is 11.6 Å². The summed E-state index contributed by atoms with van der Waals surface area (Å²) >= 11 is 0. The molecule has 0 atom stereocenters. The monoisotopic (exact) mass is 267 g/mol. The van der Waals surface area contributed by atoms with Crippen molar-refractivity contribution in [3.05, 3.63) is 16.4 Å². The molecule has 8 nitrogen and oxygen atoms in total. The molecule has 1 aromatic rings. The Balaban J connectivity index is 2.18. The van der Waals surface area contributed by atoms with Crippen LogP contribution in [0.3, 0.4) is 0 Å². The Morgan fingerprint density at radius 1 is 1.47 bits per heavy atom. The SMILES string of the molecule is CNc1ncnc(NCC2(OC)CCC2)c1[N+](=O)[O-]. The van der Waals surface area contributed by atoms with E-state index in [-0.39, 0.29) is 22.9 Å². The Labute approximate surface area is 110 Å². The molecule has 1 fully saturated rings. The Hall–Kier alpha value is -1.96. The molecule has 2 rings (SSSR count). The molecular formula is C11H17N5O3. The lowest BCUT2D eigenvalue weighted by Gasteiger charge is -2.40. The summed E-state index contributed by atoms with van der Waals surface area (Å²) < 4.78 is 5.46. The van der Waals surface area contributed by atoms with E-state index in [1.165, 1.54) is 6.33 Å². The molecule has 1 aromatic heterocycles. The molecule has 8 heteroatoms. The van der Waals surface area contributed by atoms with Crippen LogP contribution >= 0.6 is 0 Å². The average Bonchev–Trinajstić information content (AvgIpc) is 2.37. The summed E-state index contributed by atoms with van der Waals surface area (Å²) in [7, 11) is 3.25. The third-order valence-corrected chi connectivity index (χ3v) is 3.52. The highest BCUT2D eigenvalue weighted by atomic mass is 16.6. The first-order valence-electron chi connectivity index (χ1n) is 6.08. The molecule has 0 radical (unpaired) electrons. The van der Waals surface area contributed by atoms with Gasteiger partial charge >= 0.3 is 5.69 Å². The second-order valence-corrected chi connectivity index (χ2v) is 4.52. The first-order chi connectivity index (χ1) is 9.12. The summed E-state index contributed by atoms with van der Waals surface area (Å²) in [5.74, 6) is 0.412. The lowest BCUT2D eigenvalue weighted by atomic mass is 9.80. The Morgan fingerprint density at radius 3 is 2.63 bits per heavy atom. The van der Waals surface area contributed by atoms with E-state index in [0.717, 1.165) is 19.3 Å². The van der Waals surface area contributed by atoms with E-state index in [4.69, 9.17) is 4.74 Å². The molecule has 1 aliphatic carbocycles. The maximum Gasteiger partial charge on any atom is 0.353 e. The van der Waals surface area contributed by atoms with Crippen molar-refractivity contribution in [2.45, 2.75) is 24.9 Å². The van der Waals surface area contributed by atoms with Crippen LogP contribution in [-0.4, -0.2) is 41.2 Å². The standard InChI is InChI=1S/C11H17N5O3/c1-12-9-8(16(17)18)10(15-7-14-9)13-6-11(19-2)4-3-5-11/h7H,3-6H2,1-2H3,(H2,12,13,14,15). The number of hydrogen-bond donors (Lipinski definition) is 2. The van der Waals surface area contributed by atoms with Gasteiger partial charge in [0.05, 0.1) is 10.5 Å². The number of nitrogens with zero attached hydrogens (tertiary/aromatic N) is 3. The van der Waals surface area contributed by atoms with Crippen molar-refractivity contribution >= 4 is 17.3 Å². The lowest BCUT2D eigenvalue weighted by Crippen LogP contribution is -2.45. The molecule has 0 amide bonds. The maximum absolute atomic E-state index is 11.1. The molecule has 0 bridgehead atoms. The summed E-state index contributed by atoms with van der Waals surface area (Å²) in [5.41, 5.74) is -0.367. The fraction of sp³-hybridized carbons (Fsp3) is 0.636. The topological polar surface area (TPSA) is 102 Å². The number of anilines is 2. The lowest BCUT2D eigenvalue weighted by molar-refractivity contribution is -0.383. The first-order valence-corrected chi connectivity index (χ1v) is 6.08. The van der Waals surface area contributed by atoms with E-state index in [0.29, 0.717) is 6.54 Å². The smallest absolute Gasteiger partial charge is 0.353 e. The average molecular weight is 267 g/mol. The van der Waals surface area contributed by atoms with E-state index < -0.39 is 4.92 Å². The summed E-state index contributed by atoms with van der Waals surface area (Å²) in [6.07, 6.45) is 4.31. The second kappa shape index (κ2) is 5.35. The molecule has 2 N–H and O–H groups in total. The number of hydrogen-bond acceptors (Lipinski definition) is 7. The van der Waals surface area contributed by atoms with Gasteiger partial charge in [-0.05, 0) is 19.3 Å². The van der Waals surface area contributed by atoms with Crippen molar-refractivity contribution in [2.24, 2.45) is 0 Å². The minimum absolute atomic E-state index is 0.143. The Morgan fingerprint density at radius 2 is 2.16 bits per heavy atom. The van der Waals surface area contributed by atoms with E-state index in [1.54, 1.807) is 14.2 Å². The molecular weight excluding hydrogens is 250 g/mol. The Kier molecular flexibility index (Phi) is 3.79. The quantitative estimate of drug-likeness (QED) is 0.593. The van der Waals surface area contributed by atoms with Crippen molar-refractivity contribution in [3.8, 4) is 0 Å². The third-order valence-electron chi connectivity index (χ3n) is 3.52. The van der Waals surface area contributed by atoms with Crippen LogP contribution in [0.1, 0.15) is 19.3 Å². The zero-order valence-electron chi connectivity index (χ0n) is 11.0. The highest BCUT2D eigenvalue weighted by Crippen LogP contribution is 2.36. The number of methoxy groups -OCH3 is 1. The van der Waals surface area contributed by atoms with Gasteiger partial charge in [0.25, 0.3) is 0 Å². The van der Waals surface area contributed by atoms with Gasteiger partial charge in [-0.1, -0.05) is 0 Å². The van der Waals surface area contributed by atoms with Gasteiger partial charge in [-0.15, -0.1) is 0 Å². The van der Waals surface area contributed by atoms with Gasteiger partial charge in [-0.3, -0.25) is 10.1 Å². The van der Waals surface area contributed by atoms with Gasteiger partial charge in [0, 0.05) is 20.7 Å². The first kappa shape index (κ1) is 13.5. The normalized spacial score (nSPS) is 16.5. The predicted molar refractivity (Wildman–Crippen MR) is 70.3 cm³/mol. The second-order valence-electron chi connectivity index (χ2n) is 4.52. The maximum atomic E-state index is 11.1. The van der Waals surface area contributed by atoms with Crippen LogP contribution in [0.5, 0.6) is 0 Å². The molecule has 0 unspecified atom stereocenters. The number of nitro groups is 1. The van der Waals surface area contributed by atoms with Crippen LogP contribution < -0.4 is 10.6 Å². The highest BCUT2D eigenvalue weighted by molar-refractivity contribution is 5.69. The van der Waals surface area contributed by atoms with Gasteiger partial charge in [-0.2, -0.15) is 0 Å². The van der Waals surface area contributed by atoms with Crippen molar-refractivity contribution in [1.29, 1.82) is 0 Å². The molecule has 19 heavy (non-hydrogen) atoms. The van der Waals surface area contributed by atoms with Gasteiger partial charge in [-0.25, -0.2) is 9.97 Å². The summed E-state index contributed by atoms with van der Waals surface area (Å²) in [6.45, 7) is 0.504. The molecule has 0 aromatic carbocycles. The largest absolute Gasteiger partial charge is 0.376 e. The fourth-order valence-corrected chi connectivity index (χ4v) is 2.13. The van der Waals surface area contributed by atoms with Crippen LogP contribution in [0.2, 0.25) is 0 Å². The number of aromatic nitrogens is 2. The van der Waals surface area contributed by atoms with Crippen molar-refractivity contribution < 1.29 is 9.66 Å². The molecule has 1 aliphatic rings. The summed E-state index contributed by atoms with van der Waals surface area (Å²) in [5, 5.41) is 16.8. The number of ether oxygens (including phenoxy) is 1. The molecule has 0 aliphatic heterocycles.